The summed E-state index contributed by atoms with van der Waals surface area (Å²) in [6.07, 6.45) is -0.629. The van der Waals surface area contributed by atoms with Gasteiger partial charge in [-0.05, 0) is 49.2 Å². The zero-order valence-electron chi connectivity index (χ0n) is 14.2. The fraction of sp³-hybridized carbons (Fsp3) is 0.250. The molecule has 25 heavy (non-hydrogen) atoms. The number of benzene rings is 2. The van der Waals surface area contributed by atoms with Gasteiger partial charge in [0.15, 0.2) is 6.10 Å². The summed E-state index contributed by atoms with van der Waals surface area (Å²) >= 11 is 0. The van der Waals surface area contributed by atoms with Gasteiger partial charge in [-0.3, -0.25) is 4.79 Å². The Balaban J connectivity index is 1.76. The molecule has 0 aromatic heterocycles. The van der Waals surface area contributed by atoms with Gasteiger partial charge in [-0.1, -0.05) is 24.0 Å². The molecule has 1 atom stereocenters. The molecule has 1 heterocycles. The van der Waals surface area contributed by atoms with Crippen molar-refractivity contribution in [2.75, 3.05) is 23.8 Å². The van der Waals surface area contributed by atoms with Crippen molar-refractivity contribution < 1.29 is 14.6 Å². The minimum atomic E-state index is -0.629. The summed E-state index contributed by atoms with van der Waals surface area (Å²) < 4.78 is 5.82. The third kappa shape index (κ3) is 3.93. The summed E-state index contributed by atoms with van der Waals surface area (Å²) in [7, 11) is 0. The monoisotopic (exact) mass is 336 g/mol. The van der Waals surface area contributed by atoms with E-state index < -0.39 is 6.10 Å². The topological polar surface area (TPSA) is 70.6 Å². The first-order valence-corrected chi connectivity index (χ1v) is 8.09. The SMILES string of the molecule is Cc1ccc(NC(=O)C2CNc3cc(C)ccc3O2)c(C#CCO)c1. The second kappa shape index (κ2) is 7.29. The molecule has 3 N–H and O–H groups in total. The van der Waals surface area contributed by atoms with Crippen LogP contribution in [0.2, 0.25) is 0 Å². The molecule has 5 heteroatoms. The van der Waals surface area contributed by atoms with Crippen LogP contribution in [0.1, 0.15) is 16.7 Å². The number of aryl methyl sites for hydroxylation is 2. The maximum absolute atomic E-state index is 12.6. The molecule has 2 aromatic rings. The lowest BCUT2D eigenvalue weighted by atomic mass is 10.1. The van der Waals surface area contributed by atoms with Crippen molar-refractivity contribution in [3.8, 4) is 17.6 Å². The molecule has 0 bridgehead atoms. The molecule has 3 rings (SSSR count). The molecule has 0 saturated carbocycles. The van der Waals surface area contributed by atoms with Crippen LogP contribution in [0.4, 0.5) is 11.4 Å². The first kappa shape index (κ1) is 16.9. The molecule has 0 radical (unpaired) electrons. The summed E-state index contributed by atoms with van der Waals surface area (Å²) in [6, 6.07) is 11.4. The van der Waals surface area contributed by atoms with Gasteiger partial charge in [-0.15, -0.1) is 0 Å². The van der Waals surface area contributed by atoms with Crippen molar-refractivity contribution in [3.05, 3.63) is 53.1 Å². The van der Waals surface area contributed by atoms with Gasteiger partial charge in [0.2, 0.25) is 0 Å². The number of rotatable bonds is 2. The third-order valence-electron chi connectivity index (χ3n) is 3.91. The van der Waals surface area contributed by atoms with E-state index in [1.165, 1.54) is 0 Å². The Morgan fingerprint density at radius 2 is 2.04 bits per heavy atom. The summed E-state index contributed by atoms with van der Waals surface area (Å²) in [5.41, 5.74) is 4.33. The van der Waals surface area contributed by atoms with Gasteiger partial charge in [-0.25, -0.2) is 0 Å². The molecule has 0 aliphatic carbocycles. The lowest BCUT2D eigenvalue weighted by Crippen LogP contribution is -2.41. The van der Waals surface area contributed by atoms with E-state index in [9.17, 15) is 4.79 Å². The first-order chi connectivity index (χ1) is 12.1. The summed E-state index contributed by atoms with van der Waals surface area (Å²) in [5.74, 6) is 5.90. The van der Waals surface area contributed by atoms with Gasteiger partial charge < -0.3 is 20.5 Å². The van der Waals surface area contributed by atoms with Crippen LogP contribution >= 0.6 is 0 Å². The van der Waals surface area contributed by atoms with Gasteiger partial charge in [0.25, 0.3) is 5.91 Å². The standard InChI is InChI=1S/C20H20N2O3/c1-13-5-7-16(15(10-13)4-3-9-23)22-20(24)19-12-21-17-11-14(2)6-8-18(17)25-19/h5-8,10-11,19,21,23H,9,12H2,1-2H3,(H,22,24). The zero-order valence-corrected chi connectivity index (χ0v) is 14.2. The van der Waals surface area contributed by atoms with E-state index in [0.717, 1.165) is 16.8 Å². The number of amides is 1. The smallest absolute Gasteiger partial charge is 0.267 e. The number of carbonyl (C=O) groups is 1. The molecule has 5 nitrogen and oxygen atoms in total. The largest absolute Gasteiger partial charge is 0.477 e. The van der Waals surface area contributed by atoms with Crippen LogP contribution in [0.25, 0.3) is 0 Å². The number of anilines is 2. The number of hydrogen-bond acceptors (Lipinski definition) is 4. The van der Waals surface area contributed by atoms with Crippen LogP contribution in [0.15, 0.2) is 36.4 Å². The number of aliphatic hydroxyl groups excluding tert-OH is 1. The van der Waals surface area contributed by atoms with Gasteiger partial charge in [-0.2, -0.15) is 0 Å². The van der Waals surface area contributed by atoms with E-state index in [0.29, 0.717) is 23.5 Å². The van der Waals surface area contributed by atoms with Crippen molar-refractivity contribution in [3.63, 3.8) is 0 Å². The van der Waals surface area contributed by atoms with Crippen LogP contribution in [-0.2, 0) is 4.79 Å². The normalized spacial score (nSPS) is 15.1. The number of ether oxygens (including phenoxy) is 1. The van der Waals surface area contributed by atoms with Crippen molar-refractivity contribution in [1.82, 2.24) is 0 Å². The lowest BCUT2D eigenvalue weighted by molar-refractivity contribution is -0.122. The van der Waals surface area contributed by atoms with E-state index in [1.54, 1.807) is 0 Å². The van der Waals surface area contributed by atoms with E-state index in [2.05, 4.69) is 22.5 Å². The molecule has 1 aliphatic heterocycles. The molecular weight excluding hydrogens is 316 g/mol. The number of carbonyl (C=O) groups excluding carboxylic acids is 1. The minimum Gasteiger partial charge on any atom is -0.477 e. The summed E-state index contributed by atoms with van der Waals surface area (Å²) in [4.78, 5) is 12.6. The highest BCUT2D eigenvalue weighted by molar-refractivity contribution is 5.96. The van der Waals surface area contributed by atoms with Crippen molar-refractivity contribution >= 4 is 17.3 Å². The molecule has 0 saturated heterocycles. The Morgan fingerprint density at radius 1 is 1.28 bits per heavy atom. The number of fused-ring (bicyclic) bond motifs is 1. The van der Waals surface area contributed by atoms with E-state index in [-0.39, 0.29) is 12.5 Å². The fourth-order valence-electron chi connectivity index (χ4n) is 2.65. The molecule has 1 aliphatic rings. The average Bonchev–Trinajstić information content (AvgIpc) is 2.61. The predicted molar refractivity (Wildman–Crippen MR) is 97.9 cm³/mol. The van der Waals surface area contributed by atoms with Gasteiger partial charge in [0.1, 0.15) is 12.4 Å². The quantitative estimate of drug-likeness (QED) is 0.737. The summed E-state index contributed by atoms with van der Waals surface area (Å²) in [6.45, 7) is 4.12. The van der Waals surface area contributed by atoms with Crippen LogP contribution in [0.5, 0.6) is 5.75 Å². The molecule has 128 valence electrons. The van der Waals surface area contributed by atoms with Crippen LogP contribution in [-0.4, -0.2) is 30.3 Å². The first-order valence-electron chi connectivity index (χ1n) is 8.09. The summed E-state index contributed by atoms with van der Waals surface area (Å²) in [5, 5.41) is 15.0. The highest BCUT2D eigenvalue weighted by Crippen LogP contribution is 2.30. The Morgan fingerprint density at radius 3 is 2.84 bits per heavy atom. The molecular formula is C20H20N2O3. The van der Waals surface area contributed by atoms with Gasteiger partial charge >= 0.3 is 0 Å². The van der Waals surface area contributed by atoms with E-state index >= 15 is 0 Å². The Kier molecular flexibility index (Phi) is 4.92. The average molecular weight is 336 g/mol. The third-order valence-corrected chi connectivity index (χ3v) is 3.91. The minimum absolute atomic E-state index is 0.229. The second-order valence-corrected chi connectivity index (χ2v) is 5.99. The number of aliphatic hydroxyl groups is 1. The Bertz CT molecular complexity index is 865. The van der Waals surface area contributed by atoms with Crippen molar-refractivity contribution in [1.29, 1.82) is 0 Å². The van der Waals surface area contributed by atoms with Gasteiger partial charge in [0.05, 0.1) is 17.9 Å². The molecule has 2 aromatic carbocycles. The van der Waals surface area contributed by atoms with Crippen molar-refractivity contribution in [2.45, 2.75) is 20.0 Å². The molecule has 0 spiro atoms. The highest BCUT2D eigenvalue weighted by atomic mass is 16.5. The van der Waals surface area contributed by atoms with Crippen LogP contribution < -0.4 is 15.4 Å². The predicted octanol–water partition coefficient (Wildman–Crippen LogP) is 2.46. The molecule has 1 unspecified atom stereocenters. The fourth-order valence-corrected chi connectivity index (χ4v) is 2.65. The Labute approximate surface area is 147 Å². The second-order valence-electron chi connectivity index (χ2n) is 5.99. The molecule has 0 fully saturated rings. The van der Waals surface area contributed by atoms with Gasteiger partial charge in [0, 0.05) is 5.56 Å². The van der Waals surface area contributed by atoms with E-state index in [1.807, 2.05) is 50.2 Å². The van der Waals surface area contributed by atoms with Crippen LogP contribution in [0.3, 0.4) is 0 Å². The molecule has 1 amide bonds. The highest BCUT2D eigenvalue weighted by Gasteiger charge is 2.26. The number of nitrogens with one attached hydrogen (secondary N) is 2. The maximum Gasteiger partial charge on any atom is 0.267 e. The zero-order chi connectivity index (χ0) is 17.8. The number of hydrogen-bond donors (Lipinski definition) is 3. The lowest BCUT2D eigenvalue weighted by Gasteiger charge is -2.27. The maximum atomic E-state index is 12.6. The Hall–Kier alpha value is -2.97. The van der Waals surface area contributed by atoms with E-state index in [4.69, 9.17) is 9.84 Å². The van der Waals surface area contributed by atoms with Crippen molar-refractivity contribution in [2.24, 2.45) is 0 Å². The van der Waals surface area contributed by atoms with Crippen LogP contribution in [0, 0.1) is 25.7 Å².